The summed E-state index contributed by atoms with van der Waals surface area (Å²) in [6.07, 6.45) is 2.39. The molecular weight excluding hydrogens is 128 g/mol. The number of hydrogen-bond donors (Lipinski definition) is 2. The SMILES string of the molecule is CCCCNN.Cl.O. The zero-order valence-electron chi connectivity index (χ0n) is 5.11. The Morgan fingerprint density at radius 3 is 2.12 bits per heavy atom. The molecule has 0 saturated heterocycles. The Kier molecular flexibility index (Phi) is 30.8. The third-order valence-corrected chi connectivity index (χ3v) is 0.675. The third kappa shape index (κ3) is 16.4. The summed E-state index contributed by atoms with van der Waals surface area (Å²) >= 11 is 0. The Morgan fingerprint density at radius 2 is 2.00 bits per heavy atom. The smallest absolute Gasteiger partial charge is 0.00973 e. The minimum atomic E-state index is 0. The first-order valence-electron chi connectivity index (χ1n) is 2.35. The van der Waals surface area contributed by atoms with E-state index in [1.807, 2.05) is 0 Å². The number of hydrazine groups is 1. The van der Waals surface area contributed by atoms with Gasteiger partial charge in [-0.05, 0) is 6.42 Å². The molecule has 5 N–H and O–H groups in total. The molecule has 0 aromatic heterocycles. The van der Waals surface area contributed by atoms with Crippen LogP contribution in [0.1, 0.15) is 19.8 Å². The van der Waals surface area contributed by atoms with Crippen LogP contribution in [0, 0.1) is 0 Å². The second kappa shape index (κ2) is 15.7. The summed E-state index contributed by atoms with van der Waals surface area (Å²) in [5.41, 5.74) is 2.57. The first-order chi connectivity index (χ1) is 2.91. The first-order valence-corrected chi connectivity index (χ1v) is 2.35. The van der Waals surface area contributed by atoms with Gasteiger partial charge >= 0.3 is 0 Å². The van der Waals surface area contributed by atoms with Gasteiger partial charge in [-0.2, -0.15) is 0 Å². The topological polar surface area (TPSA) is 69.5 Å². The molecule has 0 radical (unpaired) electrons. The van der Waals surface area contributed by atoms with Gasteiger partial charge in [0.1, 0.15) is 0 Å². The zero-order chi connectivity index (χ0) is 4.83. The van der Waals surface area contributed by atoms with E-state index in [1.165, 1.54) is 12.8 Å². The van der Waals surface area contributed by atoms with Crippen LogP contribution in [0.3, 0.4) is 0 Å². The molecule has 54 valence electrons. The van der Waals surface area contributed by atoms with Crippen LogP contribution in [0.2, 0.25) is 0 Å². The summed E-state index contributed by atoms with van der Waals surface area (Å²) < 4.78 is 0. The van der Waals surface area contributed by atoms with Gasteiger partial charge in [0.25, 0.3) is 0 Å². The van der Waals surface area contributed by atoms with Gasteiger partial charge in [-0.15, -0.1) is 12.4 Å². The maximum Gasteiger partial charge on any atom is 0.00973 e. The number of halogens is 1. The fraction of sp³-hybridized carbons (Fsp3) is 1.00. The van der Waals surface area contributed by atoms with Crippen LogP contribution in [-0.2, 0) is 0 Å². The Morgan fingerprint density at radius 1 is 1.50 bits per heavy atom. The van der Waals surface area contributed by atoms with Gasteiger partial charge in [0.15, 0.2) is 0 Å². The van der Waals surface area contributed by atoms with Crippen molar-refractivity contribution in [2.75, 3.05) is 6.54 Å². The lowest BCUT2D eigenvalue weighted by Gasteiger charge is -1.89. The van der Waals surface area contributed by atoms with Crippen molar-refractivity contribution >= 4 is 12.4 Å². The van der Waals surface area contributed by atoms with Gasteiger partial charge in [0.05, 0.1) is 0 Å². The van der Waals surface area contributed by atoms with Crippen LogP contribution in [-0.4, -0.2) is 12.0 Å². The van der Waals surface area contributed by atoms with E-state index in [-0.39, 0.29) is 17.9 Å². The molecule has 0 atom stereocenters. The lowest BCUT2D eigenvalue weighted by molar-refractivity contribution is 0.669. The highest BCUT2D eigenvalue weighted by Gasteiger charge is 1.73. The Labute approximate surface area is 56.3 Å². The molecule has 0 aliphatic heterocycles. The summed E-state index contributed by atoms with van der Waals surface area (Å²) in [5.74, 6) is 4.96. The third-order valence-electron chi connectivity index (χ3n) is 0.675. The first kappa shape index (κ1) is 15.7. The Balaban J connectivity index is -0.000000125. The molecule has 0 aromatic carbocycles. The molecule has 0 bridgehead atoms. The standard InChI is InChI=1S/C4H12N2.ClH.H2O/c1-2-3-4-6-5;;/h6H,2-5H2,1H3;1H;1H2. The fourth-order valence-electron chi connectivity index (χ4n) is 0.279. The average molecular weight is 143 g/mol. The monoisotopic (exact) mass is 142 g/mol. The molecule has 0 fully saturated rings. The van der Waals surface area contributed by atoms with E-state index in [0.717, 1.165) is 6.54 Å². The van der Waals surface area contributed by atoms with Crippen molar-refractivity contribution in [1.82, 2.24) is 5.43 Å². The number of unbranched alkanes of at least 4 members (excludes halogenated alkanes) is 1. The van der Waals surface area contributed by atoms with Crippen LogP contribution >= 0.6 is 12.4 Å². The number of nitrogens with two attached hydrogens (primary N) is 1. The van der Waals surface area contributed by atoms with Crippen LogP contribution < -0.4 is 11.3 Å². The molecule has 0 saturated carbocycles. The van der Waals surface area contributed by atoms with E-state index >= 15 is 0 Å². The summed E-state index contributed by atoms with van der Waals surface area (Å²) in [7, 11) is 0. The van der Waals surface area contributed by atoms with Gasteiger partial charge < -0.3 is 5.48 Å². The highest BCUT2D eigenvalue weighted by Crippen LogP contribution is 1.78. The second-order valence-corrected chi connectivity index (χ2v) is 1.31. The van der Waals surface area contributed by atoms with Gasteiger partial charge in [0.2, 0.25) is 0 Å². The maximum absolute atomic E-state index is 4.96. The molecule has 0 aliphatic rings. The van der Waals surface area contributed by atoms with Crippen molar-refractivity contribution in [1.29, 1.82) is 0 Å². The predicted molar refractivity (Wildman–Crippen MR) is 38.0 cm³/mol. The number of hydrogen-bond acceptors (Lipinski definition) is 2. The van der Waals surface area contributed by atoms with Gasteiger partial charge in [-0.1, -0.05) is 13.3 Å². The van der Waals surface area contributed by atoms with Crippen molar-refractivity contribution in [3.63, 3.8) is 0 Å². The van der Waals surface area contributed by atoms with Gasteiger partial charge in [-0.3, -0.25) is 11.3 Å². The van der Waals surface area contributed by atoms with Gasteiger partial charge in [0, 0.05) is 6.54 Å². The summed E-state index contributed by atoms with van der Waals surface area (Å²) in [4.78, 5) is 0. The van der Waals surface area contributed by atoms with E-state index in [1.54, 1.807) is 0 Å². The van der Waals surface area contributed by atoms with Crippen LogP contribution in [0.4, 0.5) is 0 Å². The predicted octanol–water partition coefficient (Wildman–Crippen LogP) is -0.153. The highest BCUT2D eigenvalue weighted by atomic mass is 35.5. The minimum Gasteiger partial charge on any atom is -0.412 e. The lowest BCUT2D eigenvalue weighted by atomic mass is 10.3. The molecule has 4 heteroatoms. The molecule has 0 aliphatic carbocycles. The number of nitrogens with one attached hydrogen (secondary N) is 1. The van der Waals surface area contributed by atoms with Crippen molar-refractivity contribution < 1.29 is 5.48 Å². The molecule has 3 nitrogen and oxygen atoms in total. The van der Waals surface area contributed by atoms with Crippen LogP contribution in [0.15, 0.2) is 0 Å². The van der Waals surface area contributed by atoms with Crippen LogP contribution in [0.5, 0.6) is 0 Å². The van der Waals surface area contributed by atoms with E-state index in [9.17, 15) is 0 Å². The summed E-state index contributed by atoms with van der Waals surface area (Å²) in [6, 6.07) is 0. The molecule has 0 amide bonds. The van der Waals surface area contributed by atoms with E-state index in [2.05, 4.69) is 12.3 Å². The molecular formula is C4H15ClN2O. The van der Waals surface area contributed by atoms with E-state index in [4.69, 9.17) is 5.84 Å². The molecule has 8 heavy (non-hydrogen) atoms. The van der Waals surface area contributed by atoms with E-state index < -0.39 is 0 Å². The zero-order valence-corrected chi connectivity index (χ0v) is 5.92. The fourth-order valence-corrected chi connectivity index (χ4v) is 0.279. The number of rotatable bonds is 3. The minimum absolute atomic E-state index is 0. The van der Waals surface area contributed by atoms with Crippen molar-refractivity contribution in [3.05, 3.63) is 0 Å². The quantitative estimate of drug-likeness (QED) is 0.327. The summed E-state index contributed by atoms with van der Waals surface area (Å²) in [6.45, 7) is 3.08. The molecule has 0 spiro atoms. The van der Waals surface area contributed by atoms with Crippen molar-refractivity contribution in [2.45, 2.75) is 19.8 Å². The highest BCUT2D eigenvalue weighted by molar-refractivity contribution is 5.85. The molecule has 0 aromatic rings. The normalized spacial score (nSPS) is 6.75. The largest absolute Gasteiger partial charge is 0.412 e. The van der Waals surface area contributed by atoms with E-state index in [0.29, 0.717) is 0 Å². The van der Waals surface area contributed by atoms with Crippen LogP contribution in [0.25, 0.3) is 0 Å². The summed E-state index contributed by atoms with van der Waals surface area (Å²) in [5, 5.41) is 0. The Bertz CT molecular complexity index is 26.0. The lowest BCUT2D eigenvalue weighted by Crippen LogP contribution is -2.22. The molecule has 0 heterocycles. The van der Waals surface area contributed by atoms with Crippen molar-refractivity contribution in [3.8, 4) is 0 Å². The molecule has 0 rings (SSSR count). The maximum atomic E-state index is 4.96. The Hall–Kier alpha value is 0.170. The van der Waals surface area contributed by atoms with Crippen molar-refractivity contribution in [2.24, 2.45) is 5.84 Å². The second-order valence-electron chi connectivity index (χ2n) is 1.31. The average Bonchev–Trinajstić information content (AvgIpc) is 1.61. The molecule has 0 unspecified atom stereocenters. The van der Waals surface area contributed by atoms with Gasteiger partial charge in [-0.25, -0.2) is 0 Å².